The fourth-order valence-corrected chi connectivity index (χ4v) is 3.32. The zero-order valence-electron chi connectivity index (χ0n) is 11.8. The average Bonchev–Trinajstić information content (AvgIpc) is 2.57. The van der Waals surface area contributed by atoms with Crippen molar-refractivity contribution in [3.8, 4) is 0 Å². The molecule has 1 saturated heterocycles. The molecule has 0 aromatic carbocycles. The third kappa shape index (κ3) is 1.99. The van der Waals surface area contributed by atoms with Gasteiger partial charge in [-0.05, 0) is 43.7 Å². The maximum Gasteiger partial charge on any atom is 0.224 e. The lowest BCUT2D eigenvalue weighted by molar-refractivity contribution is -0.125. The highest BCUT2D eigenvalue weighted by atomic mass is 16.2. The van der Waals surface area contributed by atoms with E-state index in [2.05, 4.69) is 45.3 Å². The Morgan fingerprint density at radius 2 is 1.53 bits per heavy atom. The van der Waals surface area contributed by atoms with Gasteiger partial charge in [0.05, 0.1) is 0 Å². The lowest BCUT2D eigenvalue weighted by Gasteiger charge is -2.35. The molecule has 2 aliphatic rings. The summed E-state index contributed by atoms with van der Waals surface area (Å²) in [5.41, 5.74) is 0.276. The van der Waals surface area contributed by atoms with Gasteiger partial charge in [0.25, 0.3) is 0 Å². The Morgan fingerprint density at radius 3 is 1.94 bits per heavy atom. The summed E-state index contributed by atoms with van der Waals surface area (Å²) < 4.78 is 0. The summed E-state index contributed by atoms with van der Waals surface area (Å²) in [6.07, 6.45) is 2.07. The molecule has 0 radical (unpaired) electrons. The van der Waals surface area contributed by atoms with Gasteiger partial charge in [0.1, 0.15) is 0 Å². The third-order valence-electron chi connectivity index (χ3n) is 5.41. The second-order valence-corrected chi connectivity index (χ2v) is 7.18. The fourth-order valence-electron chi connectivity index (χ4n) is 3.32. The molecule has 0 aromatic rings. The normalized spacial score (nSPS) is 29.7. The fraction of sp³-hybridized carbons (Fsp3) is 0.929. The standard InChI is InChI=1S/C14H26N2O/c1-12(2)10(13(12,3)4)11(17)16-14(5)6-8-15-9-7-14/h10,15H,6-9H2,1-5H3,(H,16,17). The van der Waals surface area contributed by atoms with E-state index in [0.29, 0.717) is 0 Å². The molecule has 98 valence electrons. The molecule has 2 fully saturated rings. The molecule has 0 bridgehead atoms. The van der Waals surface area contributed by atoms with Gasteiger partial charge >= 0.3 is 0 Å². The van der Waals surface area contributed by atoms with Crippen LogP contribution in [0, 0.1) is 16.7 Å². The van der Waals surface area contributed by atoms with E-state index in [9.17, 15) is 4.79 Å². The molecule has 1 aliphatic heterocycles. The molecular formula is C14H26N2O. The number of hydrogen-bond acceptors (Lipinski definition) is 2. The number of carbonyl (C=O) groups excluding carboxylic acids is 1. The van der Waals surface area contributed by atoms with Gasteiger partial charge in [-0.1, -0.05) is 27.7 Å². The van der Waals surface area contributed by atoms with Crippen molar-refractivity contribution in [2.24, 2.45) is 16.7 Å². The van der Waals surface area contributed by atoms with Crippen molar-refractivity contribution in [3.63, 3.8) is 0 Å². The van der Waals surface area contributed by atoms with Gasteiger partial charge in [-0.2, -0.15) is 0 Å². The zero-order chi connectivity index (χ0) is 12.9. The Balaban J connectivity index is 1.99. The van der Waals surface area contributed by atoms with Crippen molar-refractivity contribution in [2.45, 2.75) is 53.0 Å². The molecule has 1 amide bonds. The van der Waals surface area contributed by atoms with Gasteiger partial charge in [-0.15, -0.1) is 0 Å². The Bertz CT molecular complexity index is 313. The number of piperidine rings is 1. The molecule has 2 rings (SSSR count). The summed E-state index contributed by atoms with van der Waals surface area (Å²) in [6.45, 7) is 13.0. The minimum absolute atomic E-state index is 0.00289. The second-order valence-electron chi connectivity index (χ2n) is 7.18. The second kappa shape index (κ2) is 3.71. The molecule has 1 aliphatic carbocycles. The van der Waals surface area contributed by atoms with Gasteiger partial charge < -0.3 is 10.6 Å². The monoisotopic (exact) mass is 238 g/mol. The van der Waals surface area contributed by atoms with E-state index in [-0.39, 0.29) is 28.2 Å². The highest BCUT2D eigenvalue weighted by Gasteiger charge is 2.68. The largest absolute Gasteiger partial charge is 0.351 e. The summed E-state index contributed by atoms with van der Waals surface area (Å²) >= 11 is 0. The highest BCUT2D eigenvalue weighted by Crippen LogP contribution is 2.68. The first kappa shape index (κ1) is 12.9. The molecule has 0 atom stereocenters. The van der Waals surface area contributed by atoms with Gasteiger partial charge in [-0.25, -0.2) is 0 Å². The first-order chi connectivity index (χ1) is 7.71. The van der Waals surface area contributed by atoms with Crippen molar-refractivity contribution in [2.75, 3.05) is 13.1 Å². The molecule has 0 aromatic heterocycles. The number of rotatable bonds is 2. The Hall–Kier alpha value is -0.570. The SMILES string of the molecule is CC1(NC(=O)C2C(C)(C)C2(C)C)CCNCC1. The van der Waals surface area contributed by atoms with Gasteiger partial charge in [-0.3, -0.25) is 4.79 Å². The number of carbonyl (C=O) groups is 1. The predicted molar refractivity (Wildman–Crippen MR) is 69.7 cm³/mol. The van der Waals surface area contributed by atoms with E-state index in [1.165, 1.54) is 0 Å². The average molecular weight is 238 g/mol. The van der Waals surface area contributed by atoms with Crippen molar-refractivity contribution in [3.05, 3.63) is 0 Å². The molecule has 3 heteroatoms. The minimum Gasteiger partial charge on any atom is -0.351 e. The number of hydrogen-bond donors (Lipinski definition) is 2. The first-order valence-corrected chi connectivity index (χ1v) is 6.73. The zero-order valence-corrected chi connectivity index (χ0v) is 11.8. The molecule has 3 nitrogen and oxygen atoms in total. The molecule has 1 heterocycles. The molecule has 17 heavy (non-hydrogen) atoms. The van der Waals surface area contributed by atoms with Crippen LogP contribution in [0.15, 0.2) is 0 Å². The van der Waals surface area contributed by atoms with Crippen LogP contribution in [0.25, 0.3) is 0 Å². The Kier molecular flexibility index (Phi) is 2.81. The maximum absolute atomic E-state index is 12.4. The van der Waals surface area contributed by atoms with Crippen LogP contribution in [0.2, 0.25) is 0 Å². The summed E-state index contributed by atoms with van der Waals surface area (Å²) in [6, 6.07) is 0. The summed E-state index contributed by atoms with van der Waals surface area (Å²) in [7, 11) is 0. The van der Waals surface area contributed by atoms with Crippen LogP contribution in [-0.2, 0) is 4.79 Å². The van der Waals surface area contributed by atoms with Crippen LogP contribution in [0.5, 0.6) is 0 Å². The molecule has 0 spiro atoms. The lowest BCUT2D eigenvalue weighted by Crippen LogP contribution is -2.53. The van der Waals surface area contributed by atoms with Crippen LogP contribution >= 0.6 is 0 Å². The van der Waals surface area contributed by atoms with E-state index >= 15 is 0 Å². The van der Waals surface area contributed by atoms with Crippen molar-refractivity contribution in [1.82, 2.24) is 10.6 Å². The number of amides is 1. The van der Waals surface area contributed by atoms with E-state index < -0.39 is 0 Å². The van der Waals surface area contributed by atoms with E-state index in [1.54, 1.807) is 0 Å². The van der Waals surface area contributed by atoms with E-state index in [1.807, 2.05) is 0 Å². The van der Waals surface area contributed by atoms with Crippen LogP contribution < -0.4 is 10.6 Å². The first-order valence-electron chi connectivity index (χ1n) is 6.73. The van der Waals surface area contributed by atoms with Crippen molar-refractivity contribution < 1.29 is 4.79 Å². The van der Waals surface area contributed by atoms with E-state index in [0.717, 1.165) is 25.9 Å². The van der Waals surface area contributed by atoms with Crippen LogP contribution in [0.1, 0.15) is 47.5 Å². The minimum atomic E-state index is -0.00289. The van der Waals surface area contributed by atoms with Crippen LogP contribution in [-0.4, -0.2) is 24.5 Å². The Labute approximate surface area is 105 Å². The van der Waals surface area contributed by atoms with Crippen LogP contribution in [0.4, 0.5) is 0 Å². The summed E-state index contributed by atoms with van der Waals surface area (Å²) in [4.78, 5) is 12.4. The Morgan fingerprint density at radius 1 is 1.06 bits per heavy atom. The summed E-state index contributed by atoms with van der Waals surface area (Å²) in [5, 5.41) is 6.63. The molecule has 2 N–H and O–H groups in total. The van der Waals surface area contributed by atoms with E-state index in [4.69, 9.17) is 0 Å². The smallest absolute Gasteiger partial charge is 0.224 e. The van der Waals surface area contributed by atoms with Crippen molar-refractivity contribution >= 4 is 5.91 Å². The number of nitrogens with one attached hydrogen (secondary N) is 2. The molecule has 1 saturated carbocycles. The van der Waals surface area contributed by atoms with Gasteiger partial charge in [0, 0.05) is 11.5 Å². The topological polar surface area (TPSA) is 41.1 Å². The van der Waals surface area contributed by atoms with Crippen LogP contribution in [0.3, 0.4) is 0 Å². The highest BCUT2D eigenvalue weighted by molar-refractivity contribution is 5.84. The molecule has 0 unspecified atom stereocenters. The molecular weight excluding hydrogens is 212 g/mol. The van der Waals surface area contributed by atoms with Gasteiger partial charge in [0.2, 0.25) is 5.91 Å². The lowest BCUT2D eigenvalue weighted by atomic mass is 9.90. The quantitative estimate of drug-likeness (QED) is 0.772. The predicted octanol–water partition coefficient (Wildman–Crippen LogP) is 1.93. The van der Waals surface area contributed by atoms with Crippen molar-refractivity contribution in [1.29, 1.82) is 0 Å². The summed E-state index contributed by atoms with van der Waals surface area (Å²) in [5.74, 6) is 0.422. The van der Waals surface area contributed by atoms with Gasteiger partial charge in [0.15, 0.2) is 0 Å². The third-order valence-corrected chi connectivity index (χ3v) is 5.41. The maximum atomic E-state index is 12.4.